The van der Waals surface area contributed by atoms with Gasteiger partial charge >= 0.3 is 5.97 Å². The van der Waals surface area contributed by atoms with Crippen molar-refractivity contribution in [2.24, 2.45) is 0 Å². The predicted molar refractivity (Wildman–Crippen MR) is 126 cm³/mol. The van der Waals surface area contributed by atoms with Crippen LogP contribution >= 0.6 is 0 Å². The quantitative estimate of drug-likeness (QED) is 0.320. The van der Waals surface area contributed by atoms with E-state index in [-0.39, 0.29) is 5.57 Å². The zero-order valence-electron chi connectivity index (χ0n) is 18.8. The van der Waals surface area contributed by atoms with Gasteiger partial charge in [0.05, 0.1) is 0 Å². The summed E-state index contributed by atoms with van der Waals surface area (Å²) in [4.78, 5) is 25.2. The fourth-order valence-corrected chi connectivity index (χ4v) is 3.68. The first-order valence-corrected chi connectivity index (χ1v) is 10.6. The molecule has 0 saturated heterocycles. The number of amides is 1. The Labute approximate surface area is 188 Å². The molecule has 1 atom stereocenters. The van der Waals surface area contributed by atoms with E-state index >= 15 is 0 Å². The van der Waals surface area contributed by atoms with Gasteiger partial charge in [0.1, 0.15) is 11.6 Å². The average Bonchev–Trinajstić information content (AvgIpc) is 3.05. The van der Waals surface area contributed by atoms with Crippen molar-refractivity contribution in [3.8, 4) is 6.07 Å². The van der Waals surface area contributed by atoms with Gasteiger partial charge in [-0.05, 0) is 56.4 Å². The van der Waals surface area contributed by atoms with Gasteiger partial charge in [0.15, 0.2) is 6.10 Å². The van der Waals surface area contributed by atoms with Gasteiger partial charge in [0.25, 0.3) is 5.91 Å². The highest BCUT2D eigenvalue weighted by Crippen LogP contribution is 2.23. The minimum absolute atomic E-state index is 0.147. The third-order valence-corrected chi connectivity index (χ3v) is 5.40. The van der Waals surface area contributed by atoms with Crippen LogP contribution < -0.4 is 5.32 Å². The highest BCUT2D eigenvalue weighted by molar-refractivity contribution is 6.05. The molecular formula is C26H27N3O3. The lowest BCUT2D eigenvalue weighted by Gasteiger charge is -2.14. The van der Waals surface area contributed by atoms with Gasteiger partial charge in [0, 0.05) is 29.0 Å². The molecule has 0 aliphatic rings. The van der Waals surface area contributed by atoms with Crippen LogP contribution in [0.2, 0.25) is 0 Å². The van der Waals surface area contributed by atoms with E-state index < -0.39 is 18.0 Å². The molecule has 6 nitrogen and oxygen atoms in total. The number of anilines is 1. The number of hydrogen-bond donors (Lipinski definition) is 1. The van der Waals surface area contributed by atoms with Gasteiger partial charge in [-0.1, -0.05) is 43.3 Å². The van der Waals surface area contributed by atoms with E-state index in [9.17, 15) is 14.9 Å². The van der Waals surface area contributed by atoms with Crippen LogP contribution in [0.25, 0.3) is 16.8 Å². The van der Waals surface area contributed by atoms with Crippen LogP contribution in [0, 0.1) is 25.2 Å². The second kappa shape index (κ2) is 9.97. The summed E-state index contributed by atoms with van der Waals surface area (Å²) in [5.74, 6) is -1.29. The molecule has 3 aromatic rings. The molecule has 1 N–H and O–H groups in total. The number of benzene rings is 2. The molecule has 0 saturated carbocycles. The molecule has 1 unspecified atom stereocenters. The van der Waals surface area contributed by atoms with Crippen LogP contribution in [0.3, 0.4) is 0 Å². The minimum atomic E-state index is -1.06. The van der Waals surface area contributed by atoms with Gasteiger partial charge < -0.3 is 14.6 Å². The Morgan fingerprint density at radius 1 is 1.19 bits per heavy atom. The summed E-state index contributed by atoms with van der Waals surface area (Å²) in [6.07, 6.45) is 1.44. The largest absolute Gasteiger partial charge is 0.448 e. The summed E-state index contributed by atoms with van der Waals surface area (Å²) in [6, 6.07) is 17.1. The molecule has 2 aromatic carbocycles. The molecule has 0 bridgehead atoms. The summed E-state index contributed by atoms with van der Waals surface area (Å²) in [6.45, 7) is 8.39. The Morgan fingerprint density at radius 3 is 2.62 bits per heavy atom. The Kier molecular flexibility index (Phi) is 7.11. The SMILES string of the molecule is CCCn1c(C)cc(/C=C(\C#N)C(=O)OC(C)C(=O)Nc2cccc3ccccc23)c1C. The van der Waals surface area contributed by atoms with Crippen molar-refractivity contribution in [1.29, 1.82) is 5.26 Å². The van der Waals surface area contributed by atoms with Crippen molar-refractivity contribution < 1.29 is 14.3 Å². The van der Waals surface area contributed by atoms with Gasteiger partial charge in [-0.25, -0.2) is 4.79 Å². The molecule has 3 rings (SSSR count). The third-order valence-electron chi connectivity index (χ3n) is 5.40. The number of nitrogens with zero attached hydrogens (tertiary/aromatic N) is 2. The number of hydrogen-bond acceptors (Lipinski definition) is 4. The van der Waals surface area contributed by atoms with Crippen LogP contribution in [0.15, 0.2) is 54.1 Å². The van der Waals surface area contributed by atoms with Gasteiger partial charge in [-0.3, -0.25) is 4.79 Å². The molecule has 0 radical (unpaired) electrons. The van der Waals surface area contributed by atoms with Crippen LogP contribution in [-0.2, 0) is 20.9 Å². The standard InChI is InChI=1S/C26H27N3O3/c1-5-13-29-17(2)14-21(18(29)3)15-22(16-27)26(31)32-19(4)25(30)28-24-12-8-10-20-9-6-7-11-23(20)24/h6-12,14-15,19H,5,13H2,1-4H3,(H,28,30)/b22-15+. The van der Waals surface area contributed by atoms with Crippen molar-refractivity contribution >= 4 is 34.4 Å². The lowest BCUT2D eigenvalue weighted by Crippen LogP contribution is -2.30. The van der Waals surface area contributed by atoms with E-state index in [1.807, 2.05) is 62.4 Å². The lowest BCUT2D eigenvalue weighted by atomic mass is 10.1. The summed E-state index contributed by atoms with van der Waals surface area (Å²) in [5.41, 5.74) is 3.31. The number of carbonyl (C=O) groups excluding carboxylic acids is 2. The van der Waals surface area contributed by atoms with Crippen molar-refractivity contribution in [3.63, 3.8) is 0 Å². The second-order valence-corrected chi connectivity index (χ2v) is 7.71. The zero-order chi connectivity index (χ0) is 23.3. The maximum absolute atomic E-state index is 12.6. The van der Waals surface area contributed by atoms with Crippen molar-refractivity contribution in [2.45, 2.75) is 46.8 Å². The molecule has 0 fully saturated rings. The summed E-state index contributed by atoms with van der Waals surface area (Å²) < 4.78 is 7.44. The smallest absolute Gasteiger partial charge is 0.349 e. The maximum Gasteiger partial charge on any atom is 0.349 e. The fraction of sp³-hybridized carbons (Fsp3) is 0.269. The Bertz CT molecular complexity index is 1230. The Balaban J connectivity index is 1.73. The van der Waals surface area contributed by atoms with Crippen LogP contribution in [0.5, 0.6) is 0 Å². The number of aromatic nitrogens is 1. The second-order valence-electron chi connectivity index (χ2n) is 7.71. The normalized spacial score (nSPS) is 12.3. The average molecular weight is 430 g/mol. The van der Waals surface area contributed by atoms with Gasteiger partial charge in [-0.15, -0.1) is 0 Å². The van der Waals surface area contributed by atoms with Crippen LogP contribution in [0.1, 0.15) is 37.2 Å². The van der Waals surface area contributed by atoms with E-state index in [1.165, 1.54) is 13.0 Å². The van der Waals surface area contributed by atoms with Crippen molar-refractivity contribution in [3.05, 3.63) is 71.1 Å². The van der Waals surface area contributed by atoms with E-state index in [4.69, 9.17) is 4.74 Å². The first kappa shape index (κ1) is 22.8. The number of ether oxygens (including phenoxy) is 1. The highest BCUT2D eigenvalue weighted by atomic mass is 16.5. The monoisotopic (exact) mass is 429 g/mol. The van der Waals surface area contributed by atoms with E-state index in [0.29, 0.717) is 5.69 Å². The Morgan fingerprint density at radius 2 is 1.91 bits per heavy atom. The molecular weight excluding hydrogens is 402 g/mol. The molecule has 1 amide bonds. The summed E-state index contributed by atoms with van der Waals surface area (Å²) in [7, 11) is 0. The lowest BCUT2D eigenvalue weighted by molar-refractivity contribution is -0.148. The number of nitriles is 1. The third kappa shape index (κ3) is 4.89. The number of rotatable bonds is 7. The first-order valence-electron chi connectivity index (χ1n) is 10.6. The highest BCUT2D eigenvalue weighted by Gasteiger charge is 2.22. The van der Waals surface area contributed by atoms with Crippen LogP contribution in [0.4, 0.5) is 5.69 Å². The molecule has 164 valence electrons. The number of nitrogens with one attached hydrogen (secondary N) is 1. The minimum Gasteiger partial charge on any atom is -0.448 e. The van der Waals surface area contributed by atoms with Gasteiger partial charge in [0.2, 0.25) is 0 Å². The predicted octanol–water partition coefficient (Wildman–Crippen LogP) is 5.15. The summed E-state index contributed by atoms with van der Waals surface area (Å²) in [5, 5.41) is 14.2. The fourth-order valence-electron chi connectivity index (χ4n) is 3.68. The topological polar surface area (TPSA) is 84.1 Å². The van der Waals surface area contributed by atoms with Crippen molar-refractivity contribution in [1.82, 2.24) is 4.57 Å². The molecule has 0 aliphatic heterocycles. The number of esters is 1. The molecule has 6 heteroatoms. The van der Waals surface area contributed by atoms with Gasteiger partial charge in [-0.2, -0.15) is 5.26 Å². The number of fused-ring (bicyclic) bond motifs is 1. The summed E-state index contributed by atoms with van der Waals surface area (Å²) >= 11 is 0. The van der Waals surface area contributed by atoms with E-state index in [1.54, 1.807) is 6.07 Å². The number of aryl methyl sites for hydroxylation is 1. The number of carbonyl (C=O) groups is 2. The molecule has 0 spiro atoms. The molecule has 32 heavy (non-hydrogen) atoms. The molecule has 1 aromatic heterocycles. The molecule has 1 heterocycles. The molecule has 0 aliphatic carbocycles. The van der Waals surface area contributed by atoms with E-state index in [0.717, 1.165) is 40.7 Å². The zero-order valence-corrected chi connectivity index (χ0v) is 18.8. The Hall–Kier alpha value is -3.85. The maximum atomic E-state index is 12.6. The van der Waals surface area contributed by atoms with Crippen molar-refractivity contribution in [2.75, 3.05) is 5.32 Å². The van der Waals surface area contributed by atoms with E-state index in [2.05, 4.69) is 16.8 Å². The first-order chi connectivity index (χ1) is 15.3. The van der Waals surface area contributed by atoms with Crippen LogP contribution in [-0.4, -0.2) is 22.5 Å².